The number of rotatable bonds is 5. The van der Waals surface area contributed by atoms with Gasteiger partial charge in [-0.05, 0) is 42.0 Å². The highest BCUT2D eigenvalue weighted by Gasteiger charge is 2.07. The van der Waals surface area contributed by atoms with Crippen molar-refractivity contribution in [1.29, 1.82) is 5.26 Å². The SMILES string of the molecule is COc1ccc(N/C(=C\C#N)c2ccc([N+](=O)[O-])cc2)cc1. The number of nitro groups is 1. The summed E-state index contributed by atoms with van der Waals surface area (Å²) in [5.74, 6) is 0.728. The van der Waals surface area contributed by atoms with E-state index in [1.807, 2.05) is 18.2 Å². The molecule has 2 rings (SSSR count). The Labute approximate surface area is 127 Å². The second-order valence-electron chi connectivity index (χ2n) is 4.34. The van der Waals surface area contributed by atoms with Crippen molar-refractivity contribution >= 4 is 17.1 Å². The van der Waals surface area contributed by atoms with Crippen LogP contribution in [0.2, 0.25) is 0 Å². The van der Waals surface area contributed by atoms with Gasteiger partial charge in [0.1, 0.15) is 5.75 Å². The van der Waals surface area contributed by atoms with Gasteiger partial charge in [0.05, 0.1) is 23.8 Å². The molecule has 1 N–H and O–H groups in total. The molecule has 2 aromatic rings. The molecule has 0 bridgehead atoms. The maximum Gasteiger partial charge on any atom is 0.269 e. The van der Waals surface area contributed by atoms with E-state index in [-0.39, 0.29) is 5.69 Å². The first kappa shape index (κ1) is 15.1. The lowest BCUT2D eigenvalue weighted by atomic mass is 10.1. The quantitative estimate of drug-likeness (QED) is 0.517. The van der Waals surface area contributed by atoms with Gasteiger partial charge in [0.2, 0.25) is 0 Å². The second kappa shape index (κ2) is 6.90. The highest BCUT2D eigenvalue weighted by molar-refractivity contribution is 5.78. The molecule has 0 amide bonds. The van der Waals surface area contributed by atoms with Crippen LogP contribution in [-0.4, -0.2) is 12.0 Å². The predicted molar refractivity (Wildman–Crippen MR) is 83.3 cm³/mol. The highest BCUT2D eigenvalue weighted by atomic mass is 16.6. The first-order chi connectivity index (χ1) is 10.6. The summed E-state index contributed by atoms with van der Waals surface area (Å²) in [5.41, 5.74) is 2.02. The lowest BCUT2D eigenvalue weighted by molar-refractivity contribution is -0.384. The van der Waals surface area contributed by atoms with Crippen molar-refractivity contribution in [3.05, 3.63) is 70.3 Å². The van der Waals surface area contributed by atoms with E-state index in [9.17, 15) is 10.1 Å². The Kier molecular flexibility index (Phi) is 4.73. The molecule has 110 valence electrons. The van der Waals surface area contributed by atoms with Crippen molar-refractivity contribution in [3.8, 4) is 11.8 Å². The van der Waals surface area contributed by atoms with Crippen LogP contribution >= 0.6 is 0 Å². The number of non-ortho nitro benzene ring substituents is 1. The number of ether oxygens (including phenoxy) is 1. The minimum atomic E-state index is -0.464. The van der Waals surface area contributed by atoms with Crippen LogP contribution in [0.15, 0.2) is 54.6 Å². The van der Waals surface area contributed by atoms with Gasteiger partial charge in [0.25, 0.3) is 5.69 Å². The summed E-state index contributed by atoms with van der Waals surface area (Å²) >= 11 is 0. The van der Waals surface area contributed by atoms with Crippen molar-refractivity contribution in [3.63, 3.8) is 0 Å². The van der Waals surface area contributed by atoms with Crippen molar-refractivity contribution in [2.75, 3.05) is 12.4 Å². The van der Waals surface area contributed by atoms with Gasteiger partial charge < -0.3 is 10.1 Å². The third-order valence-corrected chi connectivity index (χ3v) is 2.97. The number of nitriles is 1. The fourth-order valence-corrected chi connectivity index (χ4v) is 1.85. The summed E-state index contributed by atoms with van der Waals surface area (Å²) in [4.78, 5) is 10.2. The van der Waals surface area contributed by atoms with E-state index in [2.05, 4.69) is 5.32 Å². The molecule has 0 aromatic heterocycles. The van der Waals surface area contributed by atoms with Crippen LogP contribution in [0.3, 0.4) is 0 Å². The van der Waals surface area contributed by atoms with E-state index in [1.54, 1.807) is 31.4 Å². The molecule has 6 nitrogen and oxygen atoms in total. The standard InChI is InChI=1S/C16H13N3O3/c1-22-15-8-4-13(5-9-15)18-16(10-11-17)12-2-6-14(7-3-12)19(20)21/h2-10,18H,1H3/b16-10-. The predicted octanol–water partition coefficient (Wildman–Crippen LogP) is 3.58. The average molecular weight is 295 g/mol. The molecule has 0 aliphatic heterocycles. The molecule has 0 radical (unpaired) electrons. The van der Waals surface area contributed by atoms with E-state index in [1.165, 1.54) is 18.2 Å². The largest absolute Gasteiger partial charge is 0.497 e. The van der Waals surface area contributed by atoms with Crippen LogP contribution in [0.5, 0.6) is 5.75 Å². The van der Waals surface area contributed by atoms with E-state index < -0.39 is 4.92 Å². The topological polar surface area (TPSA) is 88.2 Å². The molecule has 6 heteroatoms. The Morgan fingerprint density at radius 1 is 1.23 bits per heavy atom. The van der Waals surface area contributed by atoms with Gasteiger partial charge in [0.15, 0.2) is 0 Å². The van der Waals surface area contributed by atoms with Gasteiger partial charge >= 0.3 is 0 Å². The number of nitrogens with one attached hydrogen (secondary N) is 1. The molecule has 0 heterocycles. The molecule has 0 fully saturated rings. The Morgan fingerprint density at radius 2 is 1.86 bits per heavy atom. The van der Waals surface area contributed by atoms with E-state index in [0.29, 0.717) is 11.3 Å². The normalized spacial score (nSPS) is 10.6. The Morgan fingerprint density at radius 3 is 2.36 bits per heavy atom. The fraction of sp³-hybridized carbons (Fsp3) is 0.0625. The number of methoxy groups -OCH3 is 1. The first-order valence-electron chi connectivity index (χ1n) is 6.39. The number of nitro benzene ring substituents is 1. The van der Waals surface area contributed by atoms with Gasteiger partial charge in [0, 0.05) is 23.9 Å². The first-order valence-corrected chi connectivity index (χ1v) is 6.39. The number of anilines is 1. The minimum absolute atomic E-state index is 0.00417. The van der Waals surface area contributed by atoms with Gasteiger partial charge in [-0.1, -0.05) is 0 Å². The minimum Gasteiger partial charge on any atom is -0.497 e. The molecule has 0 atom stereocenters. The van der Waals surface area contributed by atoms with Gasteiger partial charge in [-0.25, -0.2) is 0 Å². The van der Waals surface area contributed by atoms with E-state index >= 15 is 0 Å². The zero-order chi connectivity index (χ0) is 15.9. The van der Waals surface area contributed by atoms with Gasteiger partial charge in [-0.2, -0.15) is 5.26 Å². The lowest BCUT2D eigenvalue weighted by Gasteiger charge is -2.11. The number of hydrogen-bond donors (Lipinski definition) is 1. The summed E-state index contributed by atoms with van der Waals surface area (Å²) in [6.45, 7) is 0. The number of benzene rings is 2. The zero-order valence-corrected chi connectivity index (χ0v) is 11.8. The van der Waals surface area contributed by atoms with E-state index in [4.69, 9.17) is 10.00 Å². The molecule has 0 aliphatic rings. The van der Waals surface area contributed by atoms with E-state index in [0.717, 1.165) is 11.4 Å². The summed E-state index contributed by atoms with van der Waals surface area (Å²) in [6.07, 6.45) is 1.35. The van der Waals surface area contributed by atoms with Gasteiger partial charge in [-0.3, -0.25) is 10.1 Å². The maximum atomic E-state index is 10.7. The molecule has 0 saturated heterocycles. The molecule has 0 spiro atoms. The molecule has 0 unspecified atom stereocenters. The monoisotopic (exact) mass is 295 g/mol. The molecular formula is C16H13N3O3. The third-order valence-electron chi connectivity index (χ3n) is 2.97. The second-order valence-corrected chi connectivity index (χ2v) is 4.34. The summed E-state index contributed by atoms with van der Waals surface area (Å²) in [5, 5.41) is 22.7. The van der Waals surface area contributed by atoms with Gasteiger partial charge in [-0.15, -0.1) is 0 Å². The van der Waals surface area contributed by atoms with Crippen LogP contribution in [0, 0.1) is 21.4 Å². The van der Waals surface area contributed by atoms with Crippen molar-refractivity contribution in [2.45, 2.75) is 0 Å². The van der Waals surface area contributed by atoms with Crippen LogP contribution in [0.1, 0.15) is 5.56 Å². The Hall–Kier alpha value is -3.33. The van der Waals surface area contributed by atoms with Crippen LogP contribution in [0.25, 0.3) is 5.70 Å². The molecule has 2 aromatic carbocycles. The van der Waals surface area contributed by atoms with Crippen LogP contribution in [0.4, 0.5) is 11.4 Å². The smallest absolute Gasteiger partial charge is 0.269 e. The third kappa shape index (κ3) is 3.61. The fourth-order valence-electron chi connectivity index (χ4n) is 1.85. The van der Waals surface area contributed by atoms with Crippen LogP contribution in [-0.2, 0) is 0 Å². The summed E-state index contributed by atoms with van der Waals surface area (Å²) in [6, 6.07) is 15.2. The molecule has 22 heavy (non-hydrogen) atoms. The molecular weight excluding hydrogens is 282 g/mol. The van der Waals surface area contributed by atoms with Crippen molar-refractivity contribution < 1.29 is 9.66 Å². The summed E-state index contributed by atoms with van der Waals surface area (Å²) < 4.78 is 5.08. The molecule has 0 aliphatic carbocycles. The van der Waals surface area contributed by atoms with Crippen LogP contribution < -0.4 is 10.1 Å². The number of nitrogens with zero attached hydrogens (tertiary/aromatic N) is 2. The lowest BCUT2D eigenvalue weighted by Crippen LogP contribution is -1.99. The Bertz CT molecular complexity index is 729. The van der Waals surface area contributed by atoms with Crippen molar-refractivity contribution in [2.24, 2.45) is 0 Å². The maximum absolute atomic E-state index is 10.7. The zero-order valence-electron chi connectivity index (χ0n) is 11.8. The number of hydrogen-bond acceptors (Lipinski definition) is 5. The molecule has 0 saturated carbocycles. The highest BCUT2D eigenvalue weighted by Crippen LogP contribution is 2.22. The number of allylic oxidation sites excluding steroid dienone is 1. The van der Waals surface area contributed by atoms with Crippen molar-refractivity contribution in [1.82, 2.24) is 0 Å². The average Bonchev–Trinajstić information content (AvgIpc) is 2.55. The summed E-state index contributed by atoms with van der Waals surface area (Å²) in [7, 11) is 1.58. The Balaban J connectivity index is 2.24.